The summed E-state index contributed by atoms with van der Waals surface area (Å²) < 4.78 is 0. The first-order valence-electron chi connectivity index (χ1n) is 5.35. The van der Waals surface area contributed by atoms with Crippen LogP contribution in [0.25, 0.3) is 11.1 Å². The van der Waals surface area contributed by atoms with Gasteiger partial charge in [-0.05, 0) is 11.1 Å². The minimum atomic E-state index is 1.04. The molecule has 0 amide bonds. The van der Waals surface area contributed by atoms with Crippen molar-refractivity contribution in [2.45, 2.75) is 0 Å². The molecule has 2 aromatic rings. The van der Waals surface area contributed by atoms with Crippen LogP contribution in [0.5, 0.6) is 0 Å². The molecule has 0 saturated heterocycles. The topological polar surface area (TPSA) is 24.4 Å². The summed E-state index contributed by atoms with van der Waals surface area (Å²) in [5, 5.41) is 4.37. The van der Waals surface area contributed by atoms with Gasteiger partial charge in [-0.2, -0.15) is 5.10 Å². The Bertz CT molecular complexity index is 523. The maximum absolute atomic E-state index is 4.37. The summed E-state index contributed by atoms with van der Waals surface area (Å²) in [6.45, 7) is 0. The van der Waals surface area contributed by atoms with Crippen molar-refractivity contribution in [2.24, 2.45) is 5.10 Å². The molecule has 0 bridgehead atoms. The lowest BCUT2D eigenvalue weighted by molar-refractivity contribution is 0.902. The van der Waals surface area contributed by atoms with Crippen LogP contribution >= 0.6 is 0 Å². The zero-order chi connectivity index (χ0) is 11.0. The Labute approximate surface area is 94.6 Å². The molecule has 2 aromatic carbocycles. The van der Waals surface area contributed by atoms with Crippen LogP contribution in [0.15, 0.2) is 53.6 Å². The standard InChI is InChI=1S/C14H12N2/c1-15-16-14-12-8-4-2-6-10(12)11-7-3-5-9-13(11)14/h2-9,15H,1H3. The maximum Gasteiger partial charge on any atom is 0.0986 e. The number of rotatable bonds is 1. The Hall–Kier alpha value is -2.09. The second-order valence-electron chi connectivity index (χ2n) is 3.78. The fraction of sp³-hybridized carbons (Fsp3) is 0.0714. The van der Waals surface area contributed by atoms with Crippen LogP contribution in [-0.2, 0) is 0 Å². The van der Waals surface area contributed by atoms with Gasteiger partial charge < -0.3 is 5.43 Å². The third-order valence-corrected chi connectivity index (χ3v) is 2.88. The molecule has 2 nitrogen and oxygen atoms in total. The second-order valence-corrected chi connectivity index (χ2v) is 3.78. The van der Waals surface area contributed by atoms with Crippen molar-refractivity contribution in [2.75, 3.05) is 7.05 Å². The molecule has 2 heteroatoms. The molecule has 0 spiro atoms. The van der Waals surface area contributed by atoms with Gasteiger partial charge in [0.15, 0.2) is 0 Å². The molecule has 1 N–H and O–H groups in total. The fourth-order valence-corrected chi connectivity index (χ4v) is 2.23. The summed E-state index contributed by atoms with van der Waals surface area (Å²) in [6.07, 6.45) is 0. The highest BCUT2D eigenvalue weighted by atomic mass is 15.3. The number of hydrogen-bond donors (Lipinski definition) is 1. The van der Waals surface area contributed by atoms with E-state index in [4.69, 9.17) is 0 Å². The fourth-order valence-electron chi connectivity index (χ4n) is 2.23. The van der Waals surface area contributed by atoms with Crippen molar-refractivity contribution < 1.29 is 0 Å². The van der Waals surface area contributed by atoms with Crippen molar-refractivity contribution in [3.63, 3.8) is 0 Å². The van der Waals surface area contributed by atoms with Gasteiger partial charge in [-0.15, -0.1) is 0 Å². The first-order valence-corrected chi connectivity index (χ1v) is 5.35. The second kappa shape index (κ2) is 3.49. The Kier molecular flexibility index (Phi) is 2.00. The normalized spacial score (nSPS) is 11.9. The van der Waals surface area contributed by atoms with Gasteiger partial charge in [-0.25, -0.2) is 0 Å². The van der Waals surface area contributed by atoms with Crippen molar-refractivity contribution in [1.82, 2.24) is 5.43 Å². The van der Waals surface area contributed by atoms with Crippen molar-refractivity contribution >= 4 is 5.71 Å². The van der Waals surface area contributed by atoms with E-state index in [0.29, 0.717) is 0 Å². The zero-order valence-corrected chi connectivity index (χ0v) is 9.07. The molecule has 0 aromatic heterocycles. The van der Waals surface area contributed by atoms with E-state index in [1.807, 2.05) is 7.05 Å². The Morgan fingerprint density at radius 3 is 1.62 bits per heavy atom. The molecule has 78 valence electrons. The molecule has 0 radical (unpaired) electrons. The largest absolute Gasteiger partial charge is 0.313 e. The van der Waals surface area contributed by atoms with Gasteiger partial charge in [-0.3, -0.25) is 0 Å². The summed E-state index contributed by atoms with van der Waals surface area (Å²) in [4.78, 5) is 0. The number of hydrogen-bond acceptors (Lipinski definition) is 2. The summed E-state index contributed by atoms with van der Waals surface area (Å²) >= 11 is 0. The molecule has 0 atom stereocenters. The van der Waals surface area contributed by atoms with E-state index >= 15 is 0 Å². The lowest BCUT2D eigenvalue weighted by atomic mass is 10.1. The molecule has 0 fully saturated rings. The quantitative estimate of drug-likeness (QED) is 0.611. The van der Waals surface area contributed by atoms with Crippen LogP contribution in [0.3, 0.4) is 0 Å². The van der Waals surface area contributed by atoms with Crippen molar-refractivity contribution in [3.8, 4) is 11.1 Å². The van der Waals surface area contributed by atoms with E-state index in [0.717, 1.165) is 5.71 Å². The minimum absolute atomic E-state index is 1.04. The molecular weight excluding hydrogens is 196 g/mol. The molecule has 0 unspecified atom stereocenters. The summed E-state index contributed by atoms with van der Waals surface area (Å²) in [5.41, 5.74) is 8.87. The average Bonchev–Trinajstić information content (AvgIpc) is 2.66. The number of fused-ring (bicyclic) bond motifs is 3. The van der Waals surface area contributed by atoms with Gasteiger partial charge in [0.05, 0.1) is 5.71 Å². The highest BCUT2D eigenvalue weighted by Crippen LogP contribution is 2.36. The van der Waals surface area contributed by atoms with E-state index in [1.54, 1.807) is 0 Å². The molecule has 1 aliphatic carbocycles. The minimum Gasteiger partial charge on any atom is -0.313 e. The van der Waals surface area contributed by atoms with Crippen LogP contribution in [0.2, 0.25) is 0 Å². The van der Waals surface area contributed by atoms with E-state index in [9.17, 15) is 0 Å². The number of hydrazone groups is 1. The smallest absolute Gasteiger partial charge is 0.0986 e. The van der Waals surface area contributed by atoms with Crippen molar-refractivity contribution in [3.05, 3.63) is 59.7 Å². The maximum atomic E-state index is 4.37. The zero-order valence-electron chi connectivity index (χ0n) is 9.07. The molecule has 1 aliphatic rings. The van der Waals surface area contributed by atoms with Gasteiger partial charge in [-0.1, -0.05) is 48.5 Å². The van der Waals surface area contributed by atoms with E-state index in [2.05, 4.69) is 59.1 Å². The Morgan fingerprint density at radius 1 is 0.750 bits per heavy atom. The van der Waals surface area contributed by atoms with Crippen LogP contribution in [0, 0.1) is 0 Å². The number of nitrogens with zero attached hydrogens (tertiary/aromatic N) is 1. The van der Waals surface area contributed by atoms with Gasteiger partial charge >= 0.3 is 0 Å². The first kappa shape index (κ1) is 9.16. The van der Waals surface area contributed by atoms with Gasteiger partial charge in [0, 0.05) is 18.2 Å². The highest BCUT2D eigenvalue weighted by Gasteiger charge is 2.23. The number of nitrogens with one attached hydrogen (secondary N) is 1. The molecule has 0 aliphatic heterocycles. The van der Waals surface area contributed by atoms with Gasteiger partial charge in [0.1, 0.15) is 0 Å². The van der Waals surface area contributed by atoms with Gasteiger partial charge in [0.25, 0.3) is 0 Å². The lowest BCUT2D eigenvalue weighted by Crippen LogP contribution is -2.05. The highest BCUT2D eigenvalue weighted by molar-refractivity contribution is 6.24. The SMILES string of the molecule is CNN=C1c2ccccc2-c2ccccc21. The predicted molar refractivity (Wildman–Crippen MR) is 66.6 cm³/mol. The summed E-state index contributed by atoms with van der Waals surface area (Å²) in [5.74, 6) is 0. The monoisotopic (exact) mass is 208 g/mol. The van der Waals surface area contributed by atoms with E-state index < -0.39 is 0 Å². The number of benzene rings is 2. The molecular formula is C14H12N2. The third kappa shape index (κ3) is 1.16. The van der Waals surface area contributed by atoms with Crippen LogP contribution in [-0.4, -0.2) is 12.8 Å². The van der Waals surface area contributed by atoms with Gasteiger partial charge in [0.2, 0.25) is 0 Å². The molecule has 0 saturated carbocycles. The summed E-state index contributed by atoms with van der Waals surface area (Å²) in [6, 6.07) is 16.8. The Morgan fingerprint density at radius 2 is 1.19 bits per heavy atom. The molecule has 0 heterocycles. The average molecular weight is 208 g/mol. The van der Waals surface area contributed by atoms with E-state index in [-0.39, 0.29) is 0 Å². The third-order valence-electron chi connectivity index (χ3n) is 2.88. The molecule has 16 heavy (non-hydrogen) atoms. The van der Waals surface area contributed by atoms with Crippen LogP contribution < -0.4 is 5.43 Å². The lowest BCUT2D eigenvalue weighted by Gasteiger charge is -1.99. The summed E-state index contributed by atoms with van der Waals surface area (Å²) in [7, 11) is 1.83. The first-order chi connectivity index (χ1) is 7.92. The van der Waals surface area contributed by atoms with Crippen LogP contribution in [0.1, 0.15) is 11.1 Å². The Balaban J connectivity index is 2.34. The van der Waals surface area contributed by atoms with Crippen LogP contribution in [0.4, 0.5) is 0 Å². The molecule has 3 rings (SSSR count). The van der Waals surface area contributed by atoms with E-state index in [1.165, 1.54) is 22.3 Å². The van der Waals surface area contributed by atoms with Crippen molar-refractivity contribution in [1.29, 1.82) is 0 Å². The predicted octanol–water partition coefficient (Wildman–Crippen LogP) is 2.64.